The van der Waals surface area contributed by atoms with E-state index in [2.05, 4.69) is 42.8 Å². The molecular weight excluding hydrogens is 356 g/mol. The van der Waals surface area contributed by atoms with Gasteiger partial charge in [-0.1, -0.05) is 6.92 Å². The molecule has 2 aliphatic heterocycles. The highest BCUT2D eigenvalue weighted by Crippen LogP contribution is 2.46. The molecule has 0 amide bonds. The minimum Gasteiger partial charge on any atom is -0.393 e. The molecule has 3 unspecified atom stereocenters. The number of thiol groups is 1. The summed E-state index contributed by atoms with van der Waals surface area (Å²) in [5.41, 5.74) is 6.88. The van der Waals surface area contributed by atoms with Crippen LogP contribution in [0.4, 0.5) is 0 Å². The van der Waals surface area contributed by atoms with Gasteiger partial charge in [0.05, 0.1) is 6.10 Å². The third-order valence-corrected chi connectivity index (χ3v) is 8.36. The molecule has 158 valence electrons. The molecule has 5 nitrogen and oxygen atoms in total. The second kappa shape index (κ2) is 8.11. The van der Waals surface area contributed by atoms with Crippen LogP contribution in [-0.4, -0.2) is 70.8 Å². The van der Waals surface area contributed by atoms with Gasteiger partial charge in [-0.05, 0) is 83.2 Å². The van der Waals surface area contributed by atoms with Gasteiger partial charge in [0.25, 0.3) is 0 Å². The molecule has 2 saturated heterocycles. The Labute approximate surface area is 171 Å². The molecule has 2 heterocycles. The number of nitrogens with zero attached hydrogens (tertiary/aromatic N) is 2. The lowest BCUT2D eigenvalue weighted by molar-refractivity contribution is 0.0294. The Balaban J connectivity index is 1.49. The number of hydrogen-bond donors (Lipinski definition) is 4. The van der Waals surface area contributed by atoms with Crippen LogP contribution in [0.25, 0.3) is 0 Å². The lowest BCUT2D eigenvalue weighted by Crippen LogP contribution is -2.60. The molecule has 1 spiro atoms. The second-order valence-corrected chi connectivity index (χ2v) is 11.2. The van der Waals surface area contributed by atoms with Crippen molar-refractivity contribution in [2.75, 3.05) is 32.7 Å². The average Bonchev–Trinajstić information content (AvgIpc) is 2.87. The van der Waals surface area contributed by atoms with Gasteiger partial charge in [0.2, 0.25) is 0 Å². The molecule has 0 bridgehead atoms. The van der Waals surface area contributed by atoms with Crippen molar-refractivity contribution >= 4 is 12.6 Å². The van der Waals surface area contributed by atoms with E-state index in [0.29, 0.717) is 11.5 Å². The number of aliphatic hydroxyl groups is 1. The van der Waals surface area contributed by atoms with E-state index in [1.807, 2.05) is 0 Å². The van der Waals surface area contributed by atoms with Crippen molar-refractivity contribution in [2.45, 2.75) is 89.4 Å². The molecule has 0 aromatic rings. The number of aliphatic hydroxyl groups excluding tert-OH is 1. The number of nitrogens with two attached hydrogens (primary N) is 1. The van der Waals surface area contributed by atoms with Crippen LogP contribution in [-0.2, 0) is 0 Å². The highest BCUT2D eigenvalue weighted by Gasteiger charge is 2.48. The van der Waals surface area contributed by atoms with Gasteiger partial charge in [0, 0.05) is 31.7 Å². The highest BCUT2D eigenvalue weighted by molar-refractivity contribution is 7.81. The zero-order valence-electron chi connectivity index (χ0n) is 17.9. The van der Waals surface area contributed by atoms with E-state index < -0.39 is 0 Å². The monoisotopic (exact) mass is 398 g/mol. The van der Waals surface area contributed by atoms with E-state index in [-0.39, 0.29) is 22.6 Å². The molecule has 0 aromatic carbocycles. The first kappa shape index (κ1) is 21.8. The van der Waals surface area contributed by atoms with Crippen molar-refractivity contribution < 1.29 is 5.11 Å². The van der Waals surface area contributed by atoms with Crippen LogP contribution in [0.15, 0.2) is 0 Å². The van der Waals surface area contributed by atoms with Crippen molar-refractivity contribution in [1.82, 2.24) is 15.1 Å². The fourth-order valence-corrected chi connectivity index (χ4v) is 5.74. The summed E-state index contributed by atoms with van der Waals surface area (Å²) in [5, 5.41) is 13.8. The zero-order chi connectivity index (χ0) is 19.9. The third-order valence-electron chi connectivity index (χ3n) is 7.92. The fourth-order valence-electron chi connectivity index (χ4n) is 5.46. The molecule has 27 heavy (non-hydrogen) atoms. The summed E-state index contributed by atoms with van der Waals surface area (Å²) < 4.78 is 0. The predicted octanol–water partition coefficient (Wildman–Crippen LogP) is 2.25. The first-order valence-electron chi connectivity index (χ1n) is 11.0. The van der Waals surface area contributed by atoms with Crippen molar-refractivity contribution in [3.8, 4) is 0 Å². The minimum absolute atomic E-state index is 0.148. The molecule has 3 fully saturated rings. The Morgan fingerprint density at radius 3 is 2.26 bits per heavy atom. The Hall–Kier alpha value is 0.150. The maximum Gasteiger partial charge on any atom is 0.114 e. The van der Waals surface area contributed by atoms with Crippen LogP contribution in [0, 0.1) is 10.8 Å². The maximum atomic E-state index is 10.0. The van der Waals surface area contributed by atoms with E-state index in [1.54, 1.807) is 0 Å². The largest absolute Gasteiger partial charge is 0.393 e. The van der Waals surface area contributed by atoms with E-state index >= 15 is 0 Å². The van der Waals surface area contributed by atoms with Crippen LogP contribution < -0.4 is 11.1 Å². The van der Waals surface area contributed by atoms with E-state index in [0.717, 1.165) is 45.3 Å². The number of hydrogen-bond acceptors (Lipinski definition) is 6. The van der Waals surface area contributed by atoms with E-state index in [4.69, 9.17) is 18.4 Å². The van der Waals surface area contributed by atoms with Gasteiger partial charge in [-0.15, -0.1) is 12.6 Å². The van der Waals surface area contributed by atoms with Crippen LogP contribution in [0.3, 0.4) is 0 Å². The maximum absolute atomic E-state index is 10.0. The Morgan fingerprint density at radius 1 is 1.19 bits per heavy atom. The Bertz CT molecular complexity index is 496. The summed E-state index contributed by atoms with van der Waals surface area (Å²) in [4.78, 5) is 4.76. The molecule has 4 N–H and O–H groups in total. The van der Waals surface area contributed by atoms with Crippen LogP contribution in [0.5, 0.6) is 0 Å². The molecule has 0 aromatic heterocycles. The molecule has 3 atom stereocenters. The molecule has 3 rings (SSSR count). The van der Waals surface area contributed by atoms with Gasteiger partial charge in [0.1, 0.15) is 4.99 Å². The minimum atomic E-state index is -0.291. The molecule has 1 aliphatic carbocycles. The molecule has 6 heteroatoms. The van der Waals surface area contributed by atoms with E-state index in [1.165, 1.54) is 25.9 Å². The Kier molecular flexibility index (Phi) is 6.57. The summed E-state index contributed by atoms with van der Waals surface area (Å²) in [6, 6.07) is 0.803. The zero-order valence-corrected chi connectivity index (χ0v) is 18.8. The van der Waals surface area contributed by atoms with Crippen molar-refractivity contribution in [3.05, 3.63) is 0 Å². The number of likely N-dealkylation sites (tertiary alicyclic amines) is 2. The molecule has 1 saturated carbocycles. The summed E-state index contributed by atoms with van der Waals surface area (Å²) >= 11 is 5.01. The van der Waals surface area contributed by atoms with Crippen LogP contribution >= 0.6 is 12.6 Å². The van der Waals surface area contributed by atoms with Gasteiger partial charge in [-0.25, -0.2) is 0 Å². The summed E-state index contributed by atoms with van der Waals surface area (Å²) in [5.74, 6) is 0. The molecule has 0 radical (unpaired) electrons. The molecular formula is C21H42N4OS. The average molecular weight is 399 g/mol. The standard InChI is InChI=1S/C21H42N4OS/c1-16(2)24-9-5-19(3,6-10-24)15-23-20(4,27)25-11-7-21(8-12-25)14-17(26)13-18(21)22/h16-18,23,26-27H,5-15,22H2,1-4H3. The van der Waals surface area contributed by atoms with Crippen LogP contribution in [0.2, 0.25) is 0 Å². The number of piperidine rings is 2. The third kappa shape index (κ3) is 4.84. The quantitative estimate of drug-likeness (QED) is 0.423. The SMILES string of the molecule is CC(C)N1CCC(C)(CNC(C)(S)N2CCC3(CC2)CC(O)CC3N)CC1. The smallest absolute Gasteiger partial charge is 0.114 e. The van der Waals surface area contributed by atoms with Crippen molar-refractivity contribution in [1.29, 1.82) is 0 Å². The normalized spacial score (nSPS) is 34.2. The lowest BCUT2D eigenvalue weighted by Gasteiger charge is -2.49. The van der Waals surface area contributed by atoms with Gasteiger partial charge < -0.3 is 15.7 Å². The van der Waals surface area contributed by atoms with Gasteiger partial charge in [-0.2, -0.15) is 0 Å². The van der Waals surface area contributed by atoms with Gasteiger partial charge in [-0.3, -0.25) is 10.2 Å². The summed E-state index contributed by atoms with van der Waals surface area (Å²) in [6.45, 7) is 14.6. The highest BCUT2D eigenvalue weighted by atomic mass is 32.1. The fraction of sp³-hybridized carbons (Fsp3) is 1.00. The van der Waals surface area contributed by atoms with Crippen LogP contribution in [0.1, 0.15) is 66.2 Å². The first-order chi connectivity index (χ1) is 12.6. The molecule has 3 aliphatic rings. The lowest BCUT2D eigenvalue weighted by atomic mass is 9.74. The first-order valence-corrected chi connectivity index (χ1v) is 11.4. The second-order valence-electron chi connectivity index (χ2n) is 10.4. The van der Waals surface area contributed by atoms with Crippen molar-refractivity contribution in [2.24, 2.45) is 16.6 Å². The number of nitrogens with one attached hydrogen (secondary N) is 1. The summed E-state index contributed by atoms with van der Waals surface area (Å²) in [7, 11) is 0. The predicted molar refractivity (Wildman–Crippen MR) is 116 cm³/mol. The van der Waals surface area contributed by atoms with Gasteiger partial charge >= 0.3 is 0 Å². The summed E-state index contributed by atoms with van der Waals surface area (Å²) in [6.07, 6.45) is 6.08. The number of rotatable bonds is 5. The van der Waals surface area contributed by atoms with E-state index in [9.17, 15) is 5.11 Å². The topological polar surface area (TPSA) is 64.8 Å². The van der Waals surface area contributed by atoms with Crippen molar-refractivity contribution in [3.63, 3.8) is 0 Å². The Morgan fingerprint density at radius 2 is 1.78 bits per heavy atom. The van der Waals surface area contributed by atoms with Gasteiger partial charge in [0.15, 0.2) is 0 Å².